The molecule has 6 nitrogen and oxygen atoms in total. The Morgan fingerprint density at radius 2 is 1.91 bits per heavy atom. The van der Waals surface area contributed by atoms with E-state index in [1.807, 2.05) is 6.92 Å². The van der Waals surface area contributed by atoms with Crippen LogP contribution >= 0.6 is 0 Å². The van der Waals surface area contributed by atoms with Gasteiger partial charge < -0.3 is 5.11 Å². The lowest BCUT2D eigenvalue weighted by molar-refractivity contribution is -0.152. The van der Waals surface area contributed by atoms with Gasteiger partial charge in [-0.05, 0) is 87.4 Å². The number of hydrogen-bond donors (Lipinski definition) is 1. The molecule has 0 aromatic carbocycles. The summed E-state index contributed by atoms with van der Waals surface area (Å²) < 4.78 is 1.57. The van der Waals surface area contributed by atoms with Crippen LogP contribution in [0.5, 0.6) is 0 Å². The van der Waals surface area contributed by atoms with Crippen molar-refractivity contribution in [3.8, 4) is 6.07 Å². The minimum Gasteiger partial charge on any atom is -0.390 e. The molecule has 3 fully saturated rings. The van der Waals surface area contributed by atoms with Crippen molar-refractivity contribution >= 4 is 11.6 Å². The Hall–Kier alpha value is -2.00. The van der Waals surface area contributed by atoms with E-state index in [0.29, 0.717) is 17.4 Å². The van der Waals surface area contributed by atoms with Crippen molar-refractivity contribution in [2.75, 3.05) is 0 Å². The number of aliphatic hydroxyl groups is 1. The second-order valence-electron chi connectivity index (χ2n) is 12.3. The van der Waals surface area contributed by atoms with E-state index in [2.05, 4.69) is 31.9 Å². The smallest absolute Gasteiger partial charge is 0.157 e. The summed E-state index contributed by atoms with van der Waals surface area (Å²) >= 11 is 0. The largest absolute Gasteiger partial charge is 0.390 e. The topological polar surface area (TPSA) is 96.0 Å². The van der Waals surface area contributed by atoms with Gasteiger partial charge in [-0.3, -0.25) is 14.3 Å². The average molecular weight is 454 g/mol. The zero-order chi connectivity index (χ0) is 24.2. The second kappa shape index (κ2) is 8.34. The van der Waals surface area contributed by atoms with Crippen LogP contribution < -0.4 is 0 Å². The molecule has 0 radical (unpaired) electrons. The van der Waals surface area contributed by atoms with Crippen LogP contribution in [0.25, 0.3) is 0 Å². The summed E-state index contributed by atoms with van der Waals surface area (Å²) in [4.78, 5) is 26.4. The molecule has 0 saturated heterocycles. The minimum absolute atomic E-state index is 0.00483. The molecule has 3 saturated carbocycles. The third-order valence-corrected chi connectivity index (χ3v) is 9.85. The van der Waals surface area contributed by atoms with E-state index in [-0.39, 0.29) is 46.7 Å². The fourth-order valence-electron chi connectivity index (χ4n) is 8.17. The van der Waals surface area contributed by atoms with Crippen LogP contribution in [-0.2, 0) is 16.1 Å². The predicted octanol–water partition coefficient (Wildman–Crippen LogP) is 4.55. The fraction of sp³-hybridized carbons (Fsp3) is 0.778. The van der Waals surface area contributed by atoms with E-state index < -0.39 is 5.60 Å². The number of rotatable bonds is 5. The predicted molar refractivity (Wildman–Crippen MR) is 125 cm³/mol. The normalized spacial score (nSPS) is 40.1. The van der Waals surface area contributed by atoms with E-state index >= 15 is 0 Å². The van der Waals surface area contributed by atoms with Gasteiger partial charge in [-0.25, -0.2) is 0 Å². The summed E-state index contributed by atoms with van der Waals surface area (Å²) in [7, 11) is 0. The van der Waals surface area contributed by atoms with Crippen molar-refractivity contribution in [3.63, 3.8) is 0 Å². The number of nitrogens with zero attached hydrogens (tertiary/aromatic N) is 3. The van der Waals surface area contributed by atoms with Gasteiger partial charge >= 0.3 is 0 Å². The first-order valence-electron chi connectivity index (χ1n) is 12.6. The van der Waals surface area contributed by atoms with Gasteiger partial charge in [0.1, 0.15) is 11.9 Å². The third kappa shape index (κ3) is 4.18. The van der Waals surface area contributed by atoms with E-state index in [1.165, 1.54) is 6.20 Å². The van der Waals surface area contributed by atoms with Crippen LogP contribution in [0.4, 0.5) is 0 Å². The highest BCUT2D eigenvalue weighted by molar-refractivity contribution is 5.82. The molecule has 1 aromatic heterocycles. The number of nitriles is 1. The molecule has 3 aliphatic rings. The molecule has 0 amide bonds. The molecule has 1 aromatic rings. The van der Waals surface area contributed by atoms with Gasteiger partial charge in [0, 0.05) is 18.0 Å². The van der Waals surface area contributed by atoms with Crippen molar-refractivity contribution in [3.05, 3.63) is 18.0 Å². The molecule has 0 unspecified atom stereocenters. The minimum atomic E-state index is -0.625. The summed E-state index contributed by atoms with van der Waals surface area (Å²) in [6.07, 6.45) is 9.41. The van der Waals surface area contributed by atoms with E-state index in [9.17, 15) is 14.7 Å². The fourth-order valence-corrected chi connectivity index (χ4v) is 8.17. The van der Waals surface area contributed by atoms with E-state index in [1.54, 1.807) is 17.8 Å². The standard InChI is InChI=1S/C27H39N3O3/c1-17(31)24-20(7-6-19-12-26(4,33)10-11-27(19,24)5)21-8-9-22(25(21,2)3)23(32)16-30-15-18(13-28)14-29-30/h14-15,19-22,24,33H,6-12,16H2,1-5H3/t19-,20-,21-,22+,24-,26+,27-/m0/s1. The lowest BCUT2D eigenvalue weighted by Gasteiger charge is -2.57. The molecular formula is C27H39N3O3. The number of hydrogen-bond acceptors (Lipinski definition) is 5. The lowest BCUT2D eigenvalue weighted by atomic mass is 9.47. The number of carbonyl (C=O) groups excluding carboxylic acids is 2. The van der Waals surface area contributed by atoms with Gasteiger partial charge in [-0.15, -0.1) is 0 Å². The Kier molecular flexibility index (Phi) is 6.10. The third-order valence-electron chi connectivity index (χ3n) is 9.85. The first kappa shape index (κ1) is 24.1. The van der Waals surface area contributed by atoms with Crippen LogP contribution in [0.15, 0.2) is 12.4 Å². The quantitative estimate of drug-likeness (QED) is 0.706. The van der Waals surface area contributed by atoms with Crippen LogP contribution in [0.2, 0.25) is 0 Å². The van der Waals surface area contributed by atoms with Gasteiger partial charge in [0.2, 0.25) is 0 Å². The van der Waals surface area contributed by atoms with E-state index in [0.717, 1.165) is 44.9 Å². The summed E-state index contributed by atoms with van der Waals surface area (Å²) in [6.45, 7) is 10.6. The number of aromatic nitrogens is 2. The van der Waals surface area contributed by atoms with Crippen LogP contribution in [0.1, 0.15) is 85.1 Å². The van der Waals surface area contributed by atoms with Crippen molar-refractivity contribution in [2.45, 2.75) is 91.7 Å². The molecule has 0 spiro atoms. The molecule has 33 heavy (non-hydrogen) atoms. The van der Waals surface area contributed by atoms with Crippen molar-refractivity contribution in [1.29, 1.82) is 5.26 Å². The first-order valence-corrected chi connectivity index (χ1v) is 12.6. The van der Waals surface area contributed by atoms with E-state index in [4.69, 9.17) is 5.26 Å². The molecule has 180 valence electrons. The highest BCUT2D eigenvalue weighted by Gasteiger charge is 2.59. The Bertz CT molecular complexity index is 972. The van der Waals surface area contributed by atoms with Crippen LogP contribution in [-0.4, -0.2) is 32.1 Å². The van der Waals surface area contributed by atoms with Gasteiger partial charge in [-0.1, -0.05) is 20.8 Å². The highest BCUT2D eigenvalue weighted by atomic mass is 16.3. The SMILES string of the molecule is CC(=O)[C@H]1[C@H]([C@@H]2CC[C@H](C(=O)Cn3cc(C#N)cn3)C2(C)C)CC[C@H]2C[C@](C)(O)CC[C@@]21C. The maximum Gasteiger partial charge on any atom is 0.157 e. The number of Topliss-reactive ketones (excluding diaryl/α,β-unsaturated/α-hetero) is 2. The number of ketones is 2. The summed E-state index contributed by atoms with van der Waals surface area (Å²) in [6, 6.07) is 2.06. The molecule has 1 N–H and O–H groups in total. The maximum atomic E-state index is 13.3. The summed E-state index contributed by atoms with van der Waals surface area (Å²) in [5.41, 5.74) is -0.422. The monoisotopic (exact) mass is 453 g/mol. The second-order valence-corrected chi connectivity index (χ2v) is 12.3. The zero-order valence-corrected chi connectivity index (χ0v) is 20.8. The molecule has 3 aliphatic carbocycles. The van der Waals surface area contributed by atoms with Crippen molar-refractivity contribution in [2.24, 2.45) is 40.4 Å². The molecule has 1 heterocycles. The molecule has 7 atom stereocenters. The van der Waals surface area contributed by atoms with Gasteiger partial charge in [0.25, 0.3) is 0 Å². The first-order chi connectivity index (χ1) is 15.4. The number of carbonyl (C=O) groups is 2. The zero-order valence-electron chi connectivity index (χ0n) is 20.8. The molecule has 4 rings (SSSR count). The maximum absolute atomic E-state index is 13.3. The van der Waals surface area contributed by atoms with Crippen LogP contribution in [0, 0.1) is 51.8 Å². The number of fused-ring (bicyclic) bond motifs is 1. The van der Waals surface area contributed by atoms with Crippen LogP contribution in [0.3, 0.4) is 0 Å². The summed E-state index contributed by atoms with van der Waals surface area (Å²) in [5, 5.41) is 23.9. The average Bonchev–Trinajstić information content (AvgIpc) is 3.30. The molecule has 0 aliphatic heterocycles. The summed E-state index contributed by atoms with van der Waals surface area (Å²) in [5.74, 6) is 1.37. The molecule has 0 bridgehead atoms. The van der Waals surface area contributed by atoms with Crippen molar-refractivity contribution < 1.29 is 14.7 Å². The Morgan fingerprint density at radius 3 is 2.55 bits per heavy atom. The molecule has 6 heteroatoms. The molecular weight excluding hydrogens is 414 g/mol. The van der Waals surface area contributed by atoms with Crippen molar-refractivity contribution in [1.82, 2.24) is 9.78 Å². The highest BCUT2D eigenvalue weighted by Crippen LogP contribution is 2.63. The lowest BCUT2D eigenvalue weighted by Crippen LogP contribution is -2.55. The van der Waals surface area contributed by atoms with Gasteiger partial charge in [0.15, 0.2) is 5.78 Å². The van der Waals surface area contributed by atoms with Gasteiger partial charge in [-0.2, -0.15) is 10.4 Å². The Labute approximate surface area is 197 Å². The Morgan fingerprint density at radius 1 is 1.18 bits per heavy atom. The van der Waals surface area contributed by atoms with Gasteiger partial charge in [0.05, 0.1) is 23.9 Å². The Balaban J connectivity index is 1.55.